The van der Waals surface area contributed by atoms with E-state index in [4.69, 9.17) is 5.11 Å². The Balaban J connectivity index is 2.02. The van der Waals surface area contributed by atoms with Crippen LogP contribution in [0.15, 0.2) is 30.5 Å². The van der Waals surface area contributed by atoms with Crippen LogP contribution in [0.2, 0.25) is 0 Å². The predicted octanol–water partition coefficient (Wildman–Crippen LogP) is 1.81. The number of carboxylic acid groups (broad SMARTS) is 1. The summed E-state index contributed by atoms with van der Waals surface area (Å²) in [4.78, 5) is 23.1. The minimum atomic E-state index is -0.907. The Morgan fingerprint density at radius 2 is 2.17 bits per heavy atom. The van der Waals surface area contributed by atoms with E-state index in [0.29, 0.717) is 6.42 Å². The number of benzene rings is 1. The molecule has 1 aromatic carbocycles. The third kappa shape index (κ3) is 4.38. The van der Waals surface area contributed by atoms with Gasteiger partial charge in [0, 0.05) is 6.54 Å². The minimum Gasteiger partial charge on any atom is -0.481 e. The average molecular weight is 316 g/mol. The van der Waals surface area contributed by atoms with Crippen LogP contribution in [0.4, 0.5) is 0 Å². The fraction of sp³-hybridized carbons (Fsp3) is 0.375. The first kappa shape index (κ1) is 16.7. The van der Waals surface area contributed by atoms with E-state index in [2.05, 4.69) is 15.6 Å². The standard InChI is InChI=1S/C16H20N4O3/c1-3-5-12(16(22)23)9-17-15(21)14-10-20(19-18-14)13-7-4-6-11(2)8-13/h4,6-8,10,12H,3,5,9H2,1-2H3,(H,17,21)(H,22,23). The van der Waals surface area contributed by atoms with Crippen LogP contribution in [0, 0.1) is 12.8 Å². The lowest BCUT2D eigenvalue weighted by molar-refractivity contribution is -0.141. The fourth-order valence-electron chi connectivity index (χ4n) is 2.23. The molecular weight excluding hydrogens is 296 g/mol. The van der Waals surface area contributed by atoms with Gasteiger partial charge in [0.05, 0.1) is 17.8 Å². The molecule has 1 unspecified atom stereocenters. The van der Waals surface area contributed by atoms with E-state index in [9.17, 15) is 9.59 Å². The van der Waals surface area contributed by atoms with Crippen molar-refractivity contribution in [3.63, 3.8) is 0 Å². The Bertz CT molecular complexity index is 696. The van der Waals surface area contributed by atoms with Crippen molar-refractivity contribution in [2.75, 3.05) is 6.54 Å². The van der Waals surface area contributed by atoms with Gasteiger partial charge in [-0.3, -0.25) is 9.59 Å². The van der Waals surface area contributed by atoms with Gasteiger partial charge in [-0.15, -0.1) is 5.10 Å². The Hall–Kier alpha value is -2.70. The van der Waals surface area contributed by atoms with Crippen LogP contribution in [0.25, 0.3) is 5.69 Å². The van der Waals surface area contributed by atoms with Gasteiger partial charge >= 0.3 is 5.97 Å². The van der Waals surface area contributed by atoms with Crippen LogP contribution < -0.4 is 5.32 Å². The molecule has 0 aliphatic carbocycles. The number of carbonyl (C=O) groups excluding carboxylic acids is 1. The number of aryl methyl sites for hydroxylation is 1. The van der Waals surface area contributed by atoms with E-state index in [-0.39, 0.29) is 12.2 Å². The predicted molar refractivity (Wildman–Crippen MR) is 84.5 cm³/mol. The summed E-state index contributed by atoms with van der Waals surface area (Å²) >= 11 is 0. The molecule has 7 nitrogen and oxygen atoms in total. The zero-order valence-electron chi connectivity index (χ0n) is 13.2. The number of carbonyl (C=O) groups is 2. The Morgan fingerprint density at radius 3 is 2.83 bits per heavy atom. The van der Waals surface area contributed by atoms with E-state index in [1.807, 2.05) is 38.1 Å². The molecule has 7 heteroatoms. The van der Waals surface area contributed by atoms with Gasteiger partial charge in [-0.1, -0.05) is 30.7 Å². The maximum atomic E-state index is 12.1. The molecule has 1 atom stereocenters. The Labute approximate surface area is 134 Å². The topological polar surface area (TPSA) is 97.1 Å². The molecule has 0 aliphatic rings. The second-order valence-electron chi connectivity index (χ2n) is 5.42. The second-order valence-corrected chi connectivity index (χ2v) is 5.42. The summed E-state index contributed by atoms with van der Waals surface area (Å²) in [5, 5.41) is 19.5. The van der Waals surface area contributed by atoms with Gasteiger partial charge < -0.3 is 10.4 Å². The summed E-state index contributed by atoms with van der Waals surface area (Å²) < 4.78 is 1.52. The number of nitrogens with zero attached hydrogens (tertiary/aromatic N) is 3. The van der Waals surface area contributed by atoms with Crippen molar-refractivity contribution in [1.82, 2.24) is 20.3 Å². The molecule has 0 saturated carbocycles. The van der Waals surface area contributed by atoms with Gasteiger partial charge in [-0.05, 0) is 31.0 Å². The Morgan fingerprint density at radius 1 is 1.39 bits per heavy atom. The molecule has 0 spiro atoms. The molecule has 0 bridgehead atoms. The maximum absolute atomic E-state index is 12.1. The van der Waals surface area contributed by atoms with Gasteiger partial charge in [0.2, 0.25) is 0 Å². The quantitative estimate of drug-likeness (QED) is 0.812. The van der Waals surface area contributed by atoms with Gasteiger partial charge in [0.1, 0.15) is 0 Å². The minimum absolute atomic E-state index is 0.0827. The van der Waals surface area contributed by atoms with Crippen LogP contribution in [-0.4, -0.2) is 38.5 Å². The van der Waals surface area contributed by atoms with Crippen molar-refractivity contribution in [2.24, 2.45) is 5.92 Å². The molecule has 0 saturated heterocycles. The van der Waals surface area contributed by atoms with Gasteiger partial charge in [-0.25, -0.2) is 4.68 Å². The smallest absolute Gasteiger partial charge is 0.308 e. The summed E-state index contributed by atoms with van der Waals surface area (Å²) in [6.07, 6.45) is 2.79. The molecule has 0 radical (unpaired) electrons. The maximum Gasteiger partial charge on any atom is 0.308 e. The zero-order chi connectivity index (χ0) is 16.8. The third-order valence-electron chi connectivity index (χ3n) is 3.49. The van der Waals surface area contributed by atoms with E-state index in [1.54, 1.807) is 0 Å². The molecule has 2 rings (SSSR count). The number of amides is 1. The van der Waals surface area contributed by atoms with Crippen molar-refractivity contribution in [1.29, 1.82) is 0 Å². The SMILES string of the molecule is CCCC(CNC(=O)c1cn(-c2cccc(C)c2)nn1)C(=O)O. The lowest BCUT2D eigenvalue weighted by atomic mass is 10.0. The van der Waals surface area contributed by atoms with Crippen LogP contribution in [0.5, 0.6) is 0 Å². The highest BCUT2D eigenvalue weighted by Crippen LogP contribution is 2.09. The number of nitrogens with one attached hydrogen (secondary N) is 1. The molecule has 1 aromatic heterocycles. The second kappa shape index (κ2) is 7.53. The number of hydrogen-bond donors (Lipinski definition) is 2. The molecule has 2 aromatic rings. The van der Waals surface area contributed by atoms with E-state index in [1.165, 1.54) is 10.9 Å². The molecule has 23 heavy (non-hydrogen) atoms. The summed E-state index contributed by atoms with van der Waals surface area (Å²) in [6, 6.07) is 7.66. The highest BCUT2D eigenvalue weighted by molar-refractivity contribution is 5.92. The largest absolute Gasteiger partial charge is 0.481 e. The van der Waals surface area contributed by atoms with E-state index >= 15 is 0 Å². The number of carboxylic acids is 1. The first-order valence-electron chi connectivity index (χ1n) is 7.51. The van der Waals surface area contributed by atoms with Crippen molar-refractivity contribution in [2.45, 2.75) is 26.7 Å². The summed E-state index contributed by atoms with van der Waals surface area (Å²) in [5.74, 6) is -1.92. The number of rotatable bonds is 7. The monoisotopic (exact) mass is 316 g/mol. The van der Waals surface area contributed by atoms with Gasteiger partial charge in [0.15, 0.2) is 5.69 Å². The third-order valence-corrected chi connectivity index (χ3v) is 3.49. The van der Waals surface area contributed by atoms with Crippen LogP contribution in [0.1, 0.15) is 35.8 Å². The average Bonchev–Trinajstić information content (AvgIpc) is 3.01. The number of aromatic nitrogens is 3. The van der Waals surface area contributed by atoms with Crippen LogP contribution in [-0.2, 0) is 4.79 Å². The molecule has 0 aliphatic heterocycles. The van der Waals surface area contributed by atoms with Gasteiger partial charge in [-0.2, -0.15) is 0 Å². The number of aliphatic carboxylic acids is 1. The van der Waals surface area contributed by atoms with Crippen molar-refractivity contribution >= 4 is 11.9 Å². The molecule has 1 amide bonds. The zero-order valence-corrected chi connectivity index (χ0v) is 13.2. The molecular formula is C16H20N4O3. The normalized spacial score (nSPS) is 11.9. The summed E-state index contributed by atoms with van der Waals surface area (Å²) in [6.45, 7) is 3.96. The number of hydrogen-bond acceptors (Lipinski definition) is 4. The van der Waals surface area contributed by atoms with Gasteiger partial charge in [0.25, 0.3) is 5.91 Å². The van der Waals surface area contributed by atoms with Crippen LogP contribution >= 0.6 is 0 Å². The lowest BCUT2D eigenvalue weighted by Crippen LogP contribution is -2.33. The summed E-state index contributed by atoms with van der Waals surface area (Å²) in [5.41, 5.74) is 2.05. The highest BCUT2D eigenvalue weighted by Gasteiger charge is 2.19. The van der Waals surface area contributed by atoms with Crippen LogP contribution in [0.3, 0.4) is 0 Å². The molecule has 0 fully saturated rings. The highest BCUT2D eigenvalue weighted by atomic mass is 16.4. The van der Waals surface area contributed by atoms with E-state index < -0.39 is 17.8 Å². The molecule has 2 N–H and O–H groups in total. The molecule has 122 valence electrons. The molecule has 1 heterocycles. The van der Waals surface area contributed by atoms with Crippen molar-refractivity contribution < 1.29 is 14.7 Å². The first-order chi connectivity index (χ1) is 11.0. The van der Waals surface area contributed by atoms with Crippen molar-refractivity contribution in [3.8, 4) is 5.69 Å². The lowest BCUT2D eigenvalue weighted by Gasteiger charge is -2.11. The van der Waals surface area contributed by atoms with E-state index in [0.717, 1.165) is 17.7 Å². The Kier molecular flexibility index (Phi) is 5.46. The fourth-order valence-corrected chi connectivity index (χ4v) is 2.23. The van der Waals surface area contributed by atoms with Crippen molar-refractivity contribution in [3.05, 3.63) is 41.7 Å². The first-order valence-corrected chi connectivity index (χ1v) is 7.51. The summed E-state index contributed by atoms with van der Waals surface area (Å²) in [7, 11) is 0.